The second kappa shape index (κ2) is 7.03. The molecule has 7 heteroatoms. The van der Waals surface area contributed by atoms with Crippen molar-refractivity contribution in [3.05, 3.63) is 76.0 Å². The highest BCUT2D eigenvalue weighted by molar-refractivity contribution is 5.94. The van der Waals surface area contributed by atoms with Crippen molar-refractivity contribution in [2.75, 3.05) is 0 Å². The van der Waals surface area contributed by atoms with Gasteiger partial charge in [-0.2, -0.15) is 0 Å². The van der Waals surface area contributed by atoms with E-state index in [4.69, 9.17) is 4.74 Å². The minimum Gasteiger partial charge on any atom is -0.490 e. The molecule has 0 saturated heterocycles. The number of nitrogens with one attached hydrogen (secondary N) is 2. The van der Waals surface area contributed by atoms with Crippen molar-refractivity contribution in [2.24, 2.45) is 0 Å². The third-order valence-electron chi connectivity index (χ3n) is 4.34. The van der Waals surface area contributed by atoms with Crippen molar-refractivity contribution in [3.8, 4) is 17.1 Å². The zero-order chi connectivity index (χ0) is 18.8. The van der Waals surface area contributed by atoms with Gasteiger partial charge in [0.25, 0.3) is 11.5 Å². The smallest absolute Gasteiger partial charge is 0.251 e. The summed E-state index contributed by atoms with van der Waals surface area (Å²) in [5, 5.41) is 2.82. The molecule has 3 heterocycles. The Balaban J connectivity index is 1.49. The van der Waals surface area contributed by atoms with Crippen LogP contribution in [0.3, 0.4) is 0 Å². The zero-order valence-electron chi connectivity index (χ0n) is 14.7. The van der Waals surface area contributed by atoms with Crippen molar-refractivity contribution in [2.45, 2.75) is 26.0 Å². The number of aromatic nitrogens is 3. The molecule has 3 aromatic rings. The molecule has 1 atom stereocenters. The fraction of sp³-hybridized carbons (Fsp3) is 0.200. The van der Waals surface area contributed by atoms with Gasteiger partial charge in [-0.25, -0.2) is 4.98 Å². The van der Waals surface area contributed by atoms with E-state index in [2.05, 4.69) is 20.3 Å². The van der Waals surface area contributed by atoms with Crippen molar-refractivity contribution in [3.63, 3.8) is 0 Å². The highest BCUT2D eigenvalue weighted by Gasteiger charge is 2.20. The van der Waals surface area contributed by atoms with Crippen LogP contribution < -0.4 is 15.6 Å². The summed E-state index contributed by atoms with van der Waals surface area (Å²) >= 11 is 0. The Hall–Kier alpha value is -3.48. The van der Waals surface area contributed by atoms with Crippen LogP contribution in [0.25, 0.3) is 11.4 Å². The van der Waals surface area contributed by atoms with Crippen molar-refractivity contribution in [1.82, 2.24) is 20.3 Å². The molecule has 0 radical (unpaired) electrons. The highest BCUT2D eigenvalue weighted by atomic mass is 16.5. The zero-order valence-corrected chi connectivity index (χ0v) is 14.7. The molecule has 0 spiro atoms. The van der Waals surface area contributed by atoms with Gasteiger partial charge >= 0.3 is 0 Å². The molecule has 1 aliphatic rings. The molecule has 0 aliphatic carbocycles. The van der Waals surface area contributed by atoms with Crippen LogP contribution in [0.15, 0.2) is 53.6 Å². The van der Waals surface area contributed by atoms with Gasteiger partial charge in [-0.3, -0.25) is 14.6 Å². The average molecular weight is 362 g/mol. The molecule has 4 rings (SSSR count). The summed E-state index contributed by atoms with van der Waals surface area (Å²) in [6.07, 6.45) is 4.18. The van der Waals surface area contributed by atoms with Crippen LogP contribution in [-0.2, 0) is 13.0 Å². The number of carbonyl (C=O) groups is 1. The van der Waals surface area contributed by atoms with Crippen molar-refractivity contribution >= 4 is 5.91 Å². The summed E-state index contributed by atoms with van der Waals surface area (Å²) in [7, 11) is 0. The number of aromatic amines is 1. The first kappa shape index (κ1) is 17.0. The van der Waals surface area contributed by atoms with Gasteiger partial charge in [-0.1, -0.05) is 0 Å². The van der Waals surface area contributed by atoms with Gasteiger partial charge in [0, 0.05) is 36.0 Å². The highest BCUT2D eigenvalue weighted by Crippen LogP contribution is 2.29. The Morgan fingerprint density at radius 2 is 2.07 bits per heavy atom. The molecule has 2 aromatic heterocycles. The Morgan fingerprint density at radius 3 is 2.89 bits per heavy atom. The molecule has 27 heavy (non-hydrogen) atoms. The third kappa shape index (κ3) is 3.72. The maximum absolute atomic E-state index is 12.5. The van der Waals surface area contributed by atoms with Gasteiger partial charge in [0.1, 0.15) is 17.7 Å². The predicted octanol–water partition coefficient (Wildman–Crippen LogP) is 2.09. The van der Waals surface area contributed by atoms with E-state index in [0.29, 0.717) is 17.1 Å². The normalized spacial score (nSPS) is 15.1. The minimum absolute atomic E-state index is 0.130. The van der Waals surface area contributed by atoms with E-state index in [1.54, 1.807) is 30.6 Å². The largest absolute Gasteiger partial charge is 0.490 e. The van der Waals surface area contributed by atoms with Gasteiger partial charge in [0.15, 0.2) is 0 Å². The van der Waals surface area contributed by atoms with E-state index in [0.717, 1.165) is 23.3 Å². The number of pyridine rings is 1. The van der Waals surface area contributed by atoms with Crippen LogP contribution in [0.4, 0.5) is 0 Å². The molecule has 0 saturated carbocycles. The molecular formula is C20H18N4O3. The second-order valence-corrected chi connectivity index (χ2v) is 6.46. The van der Waals surface area contributed by atoms with Gasteiger partial charge < -0.3 is 15.0 Å². The van der Waals surface area contributed by atoms with Gasteiger partial charge in [-0.05, 0) is 42.8 Å². The van der Waals surface area contributed by atoms with Crippen molar-refractivity contribution in [1.29, 1.82) is 0 Å². The average Bonchev–Trinajstić information content (AvgIpc) is 3.05. The Kier molecular flexibility index (Phi) is 4.42. The first-order valence-corrected chi connectivity index (χ1v) is 8.67. The minimum atomic E-state index is -0.273. The first-order chi connectivity index (χ1) is 13.1. The van der Waals surface area contributed by atoms with E-state index in [1.165, 1.54) is 6.07 Å². The number of ether oxygens (including phenoxy) is 1. The number of H-pyrrole nitrogens is 1. The Morgan fingerprint density at radius 1 is 1.26 bits per heavy atom. The van der Waals surface area contributed by atoms with Crippen molar-refractivity contribution < 1.29 is 9.53 Å². The Labute approximate surface area is 155 Å². The number of nitrogens with zero attached hydrogens (tertiary/aromatic N) is 2. The maximum Gasteiger partial charge on any atom is 0.251 e. The summed E-state index contributed by atoms with van der Waals surface area (Å²) in [4.78, 5) is 35.5. The van der Waals surface area contributed by atoms with E-state index in [9.17, 15) is 9.59 Å². The second-order valence-electron chi connectivity index (χ2n) is 6.46. The lowest BCUT2D eigenvalue weighted by atomic mass is 10.1. The maximum atomic E-state index is 12.5. The van der Waals surface area contributed by atoms with Gasteiger partial charge in [-0.15, -0.1) is 0 Å². The molecule has 0 fully saturated rings. The number of hydrogen-bond donors (Lipinski definition) is 2. The van der Waals surface area contributed by atoms with E-state index < -0.39 is 0 Å². The van der Waals surface area contributed by atoms with Crippen LogP contribution >= 0.6 is 0 Å². The van der Waals surface area contributed by atoms with Crippen LogP contribution in [0.5, 0.6) is 5.75 Å². The van der Waals surface area contributed by atoms with Crippen LogP contribution in [0, 0.1) is 0 Å². The van der Waals surface area contributed by atoms with E-state index >= 15 is 0 Å². The summed E-state index contributed by atoms with van der Waals surface area (Å²) in [5.74, 6) is 1.06. The quantitative estimate of drug-likeness (QED) is 0.741. The summed E-state index contributed by atoms with van der Waals surface area (Å²) in [6.45, 7) is 2.16. The molecular weight excluding hydrogens is 344 g/mol. The lowest BCUT2D eigenvalue weighted by Gasteiger charge is -2.08. The number of fused-ring (bicyclic) bond motifs is 1. The van der Waals surface area contributed by atoms with Gasteiger partial charge in [0.2, 0.25) is 0 Å². The fourth-order valence-electron chi connectivity index (χ4n) is 3.08. The predicted molar refractivity (Wildman–Crippen MR) is 99.5 cm³/mol. The fourth-order valence-corrected chi connectivity index (χ4v) is 3.08. The van der Waals surface area contributed by atoms with Crippen LogP contribution in [-0.4, -0.2) is 27.0 Å². The molecule has 7 nitrogen and oxygen atoms in total. The lowest BCUT2D eigenvalue weighted by Crippen LogP contribution is -2.24. The van der Waals surface area contributed by atoms with E-state index in [-0.39, 0.29) is 24.1 Å². The monoisotopic (exact) mass is 362 g/mol. The van der Waals surface area contributed by atoms with Gasteiger partial charge in [0.05, 0.1) is 12.2 Å². The molecule has 1 aliphatic heterocycles. The Bertz CT molecular complexity index is 1050. The number of amides is 1. The molecule has 0 bridgehead atoms. The molecule has 0 unspecified atom stereocenters. The topological polar surface area (TPSA) is 97.0 Å². The molecule has 136 valence electrons. The van der Waals surface area contributed by atoms with Crippen LogP contribution in [0.2, 0.25) is 0 Å². The third-order valence-corrected chi connectivity index (χ3v) is 4.34. The standard InChI is InChI=1S/C20H18N4O3/c1-12-8-15-9-14(2-3-17(15)27-12)20(26)22-11-16-10-18(25)24-19(23-16)13-4-6-21-7-5-13/h2-7,9-10,12H,8,11H2,1H3,(H,22,26)(H,23,24,25)/t12-/m1/s1. The molecule has 1 amide bonds. The molecule has 1 aromatic carbocycles. The summed E-state index contributed by atoms with van der Waals surface area (Å²) in [5.41, 5.74) is 2.56. The summed E-state index contributed by atoms with van der Waals surface area (Å²) < 4.78 is 5.65. The number of rotatable bonds is 4. The first-order valence-electron chi connectivity index (χ1n) is 8.67. The number of carbonyl (C=O) groups excluding carboxylic acids is 1. The summed E-state index contributed by atoms with van der Waals surface area (Å²) in [6, 6.07) is 10.3. The number of benzene rings is 1. The SMILES string of the molecule is C[C@@H]1Cc2cc(C(=O)NCc3cc(=O)[nH]c(-c4ccncc4)n3)ccc2O1. The van der Waals surface area contributed by atoms with Crippen LogP contribution in [0.1, 0.15) is 28.5 Å². The molecule has 2 N–H and O–H groups in total. The number of hydrogen-bond acceptors (Lipinski definition) is 5. The van der Waals surface area contributed by atoms with E-state index in [1.807, 2.05) is 19.1 Å². The lowest BCUT2D eigenvalue weighted by molar-refractivity contribution is 0.0950.